The molecule has 0 unspecified atom stereocenters. The van der Waals surface area contributed by atoms with E-state index < -0.39 is 56.5 Å². The number of ether oxygens (including phenoxy) is 2. The summed E-state index contributed by atoms with van der Waals surface area (Å²) in [6.07, 6.45) is -3.45. The van der Waals surface area contributed by atoms with Crippen LogP contribution in [0.1, 0.15) is 16.1 Å². The van der Waals surface area contributed by atoms with E-state index in [0.717, 1.165) is 18.2 Å². The Labute approximate surface area is 210 Å². The zero-order valence-electron chi connectivity index (χ0n) is 18.6. The van der Waals surface area contributed by atoms with Gasteiger partial charge >= 0.3 is 6.18 Å². The molecule has 37 heavy (non-hydrogen) atoms. The Kier molecular flexibility index (Phi) is 6.86. The Hall–Kier alpha value is -4.45. The number of rotatable bonds is 7. The molecule has 0 aliphatic heterocycles. The molecule has 1 amide bonds. The normalized spacial score (nSPS) is 11.3. The molecule has 190 valence electrons. The van der Waals surface area contributed by atoms with E-state index in [0.29, 0.717) is 6.07 Å². The molecular formula is C24H14ClF4N3O5. The molecule has 1 aromatic heterocycles. The average molecular weight is 536 g/mol. The minimum Gasteiger partial charge on any atom is -0.457 e. The number of carbonyl (C=O) groups excluding carboxylic acids is 1. The number of halogens is 5. The first-order chi connectivity index (χ1) is 17.5. The van der Waals surface area contributed by atoms with Crippen LogP contribution in [-0.2, 0) is 6.18 Å². The molecule has 4 rings (SSSR count). The van der Waals surface area contributed by atoms with Crippen LogP contribution in [0.3, 0.4) is 0 Å². The van der Waals surface area contributed by atoms with E-state index in [4.69, 9.17) is 21.1 Å². The van der Waals surface area contributed by atoms with Crippen LogP contribution in [0.2, 0.25) is 5.02 Å². The summed E-state index contributed by atoms with van der Waals surface area (Å²) in [4.78, 5) is 39.6. The summed E-state index contributed by atoms with van der Waals surface area (Å²) in [5, 5.41) is 4.25. The maximum atomic E-state index is 14.7. The largest absolute Gasteiger partial charge is 0.457 e. The van der Waals surface area contributed by atoms with Gasteiger partial charge in [-0.1, -0.05) is 11.6 Å². The summed E-state index contributed by atoms with van der Waals surface area (Å²) in [6, 6.07) is 8.90. The number of nitrogens with zero attached hydrogens (tertiary/aromatic N) is 1. The quantitative estimate of drug-likeness (QED) is 0.248. The van der Waals surface area contributed by atoms with Gasteiger partial charge in [-0.2, -0.15) is 13.2 Å². The van der Waals surface area contributed by atoms with Gasteiger partial charge in [0.15, 0.2) is 0 Å². The fraction of sp³-hybridized carbons (Fsp3) is 0.0833. The van der Waals surface area contributed by atoms with E-state index in [1.807, 2.05) is 0 Å². The van der Waals surface area contributed by atoms with Crippen molar-refractivity contribution in [3.63, 3.8) is 0 Å². The number of hydrogen-bond acceptors (Lipinski definition) is 7. The van der Waals surface area contributed by atoms with Crippen molar-refractivity contribution in [3.05, 3.63) is 97.3 Å². The summed E-state index contributed by atoms with van der Waals surface area (Å²) in [5.41, 5.74) is -3.94. The predicted molar refractivity (Wildman–Crippen MR) is 125 cm³/mol. The van der Waals surface area contributed by atoms with Crippen LogP contribution in [0.25, 0.3) is 0 Å². The third-order valence-electron chi connectivity index (χ3n) is 4.96. The van der Waals surface area contributed by atoms with Crippen LogP contribution >= 0.6 is 11.6 Å². The third-order valence-corrected chi connectivity index (χ3v) is 5.29. The summed E-state index contributed by atoms with van der Waals surface area (Å²) in [7, 11) is 1.43. The zero-order chi connectivity index (χ0) is 26.9. The van der Waals surface area contributed by atoms with Gasteiger partial charge in [0, 0.05) is 25.4 Å². The molecule has 0 bridgehead atoms. The fourth-order valence-electron chi connectivity index (χ4n) is 3.14. The van der Waals surface area contributed by atoms with Crippen molar-refractivity contribution < 1.29 is 31.8 Å². The summed E-state index contributed by atoms with van der Waals surface area (Å²) in [6.45, 7) is 0. The maximum Gasteiger partial charge on any atom is 0.417 e. The number of benzene rings is 2. The third kappa shape index (κ3) is 5.38. The molecule has 0 atom stereocenters. The maximum absolute atomic E-state index is 14.7. The summed E-state index contributed by atoms with van der Waals surface area (Å²) >= 11 is 5.57. The molecule has 13 heteroatoms. The second-order valence-electron chi connectivity index (χ2n) is 7.43. The van der Waals surface area contributed by atoms with Crippen molar-refractivity contribution in [3.8, 4) is 23.0 Å². The number of hydrogen-bond donors (Lipinski definition) is 2. The van der Waals surface area contributed by atoms with E-state index >= 15 is 0 Å². The van der Waals surface area contributed by atoms with E-state index in [1.165, 1.54) is 37.5 Å². The van der Waals surface area contributed by atoms with Crippen LogP contribution in [0.15, 0.2) is 64.3 Å². The predicted octanol–water partition coefficient (Wildman–Crippen LogP) is 5.18. The van der Waals surface area contributed by atoms with Gasteiger partial charge in [0.25, 0.3) is 16.8 Å². The van der Waals surface area contributed by atoms with Crippen molar-refractivity contribution in [1.82, 2.24) is 10.3 Å². The standard InChI is InChI=1S/C24H14ClF4N3O5/c1-30-23(35)18-10-13(6-7-31-18)36-12-3-5-17(16(26)9-12)32-19-20(33)21(34)22(19)37-11-2-4-15(25)14(8-11)24(27,28)29/h2-10,32H,1H3,(H,30,35). The lowest BCUT2D eigenvalue weighted by molar-refractivity contribution is -0.137. The molecule has 0 aliphatic rings. The lowest BCUT2D eigenvalue weighted by Crippen LogP contribution is -2.34. The number of nitrogens with one attached hydrogen (secondary N) is 2. The monoisotopic (exact) mass is 535 g/mol. The summed E-state index contributed by atoms with van der Waals surface area (Å²) in [5.74, 6) is -2.07. The highest BCUT2D eigenvalue weighted by Crippen LogP contribution is 2.38. The molecular weight excluding hydrogens is 522 g/mol. The first kappa shape index (κ1) is 25.6. The van der Waals surface area contributed by atoms with Gasteiger partial charge in [-0.25, -0.2) is 4.39 Å². The van der Waals surface area contributed by atoms with Crippen molar-refractivity contribution in [2.75, 3.05) is 12.4 Å². The molecule has 1 heterocycles. The van der Waals surface area contributed by atoms with E-state index in [2.05, 4.69) is 15.6 Å². The molecule has 2 N–H and O–H groups in total. The van der Waals surface area contributed by atoms with Gasteiger partial charge in [-0.15, -0.1) is 0 Å². The Bertz CT molecular complexity index is 1580. The lowest BCUT2D eigenvalue weighted by Gasteiger charge is -2.16. The number of aromatic nitrogens is 1. The molecule has 0 saturated carbocycles. The number of anilines is 2. The number of alkyl halides is 3. The van der Waals surface area contributed by atoms with Crippen LogP contribution in [0.4, 0.5) is 28.9 Å². The highest BCUT2D eigenvalue weighted by molar-refractivity contribution is 6.31. The minimum atomic E-state index is -4.78. The van der Waals surface area contributed by atoms with Crippen molar-refractivity contribution in [2.45, 2.75) is 6.18 Å². The zero-order valence-corrected chi connectivity index (χ0v) is 19.3. The number of carbonyl (C=O) groups is 1. The average Bonchev–Trinajstić information content (AvgIpc) is 2.86. The summed E-state index contributed by atoms with van der Waals surface area (Å²) < 4.78 is 64.7. The van der Waals surface area contributed by atoms with Gasteiger partial charge in [-0.05, 0) is 36.4 Å². The molecule has 0 aliphatic carbocycles. The van der Waals surface area contributed by atoms with Gasteiger partial charge in [0.2, 0.25) is 5.75 Å². The van der Waals surface area contributed by atoms with Gasteiger partial charge in [0.1, 0.15) is 34.4 Å². The first-order valence-electron chi connectivity index (χ1n) is 10.3. The Morgan fingerprint density at radius 3 is 2.30 bits per heavy atom. The smallest absolute Gasteiger partial charge is 0.417 e. The van der Waals surface area contributed by atoms with Crippen LogP contribution < -0.4 is 31.0 Å². The molecule has 4 aromatic rings. The molecule has 0 spiro atoms. The van der Waals surface area contributed by atoms with Crippen LogP contribution in [0, 0.1) is 5.82 Å². The van der Waals surface area contributed by atoms with E-state index in [9.17, 15) is 31.9 Å². The second-order valence-corrected chi connectivity index (χ2v) is 7.84. The highest BCUT2D eigenvalue weighted by Gasteiger charge is 2.34. The molecule has 8 nitrogen and oxygen atoms in total. The number of pyridine rings is 1. The fourth-order valence-corrected chi connectivity index (χ4v) is 3.37. The Balaban J connectivity index is 1.54. The van der Waals surface area contributed by atoms with Crippen molar-refractivity contribution in [1.29, 1.82) is 0 Å². The van der Waals surface area contributed by atoms with Gasteiger partial charge in [0.05, 0.1) is 16.3 Å². The minimum absolute atomic E-state index is 0.0411. The van der Waals surface area contributed by atoms with Gasteiger partial charge < -0.3 is 20.1 Å². The number of amides is 1. The highest BCUT2D eigenvalue weighted by atomic mass is 35.5. The lowest BCUT2D eigenvalue weighted by atomic mass is 10.2. The molecule has 0 saturated heterocycles. The van der Waals surface area contributed by atoms with Gasteiger partial charge in [-0.3, -0.25) is 19.4 Å². The molecule has 0 radical (unpaired) electrons. The van der Waals surface area contributed by atoms with Crippen molar-refractivity contribution in [2.24, 2.45) is 0 Å². The Morgan fingerprint density at radius 2 is 1.62 bits per heavy atom. The first-order valence-corrected chi connectivity index (χ1v) is 10.7. The van der Waals surface area contributed by atoms with Crippen molar-refractivity contribution >= 4 is 28.9 Å². The Morgan fingerprint density at radius 1 is 0.946 bits per heavy atom. The molecule has 3 aromatic carbocycles. The topological polar surface area (TPSA) is 107 Å². The molecule has 0 fully saturated rings. The SMILES string of the molecule is CNC(=O)c1cc(Oc2ccc(Nc3c(Oc4ccc(Cl)c(C(F)(F)F)c4)c(=O)c3=O)c(F)c2)ccn1. The second kappa shape index (κ2) is 9.90. The van der Waals surface area contributed by atoms with Crippen LogP contribution in [0.5, 0.6) is 23.0 Å². The van der Waals surface area contributed by atoms with Crippen LogP contribution in [-0.4, -0.2) is 17.9 Å². The van der Waals surface area contributed by atoms with E-state index in [1.54, 1.807) is 0 Å². The van der Waals surface area contributed by atoms with E-state index in [-0.39, 0.29) is 22.9 Å².